The predicted octanol–water partition coefficient (Wildman–Crippen LogP) is 2.80. The van der Waals surface area contributed by atoms with Gasteiger partial charge in [0.25, 0.3) is 5.91 Å². The highest BCUT2D eigenvalue weighted by molar-refractivity contribution is 5.94. The number of amides is 1. The molecule has 1 aromatic rings. The molecule has 4 heteroatoms. The molecule has 1 aromatic carbocycles. The summed E-state index contributed by atoms with van der Waals surface area (Å²) in [6, 6.07) is 8.27. The van der Waals surface area contributed by atoms with Crippen LogP contribution in [0.4, 0.5) is 5.69 Å². The Kier molecular flexibility index (Phi) is 5.01. The molecule has 110 valence electrons. The molecule has 0 aromatic heterocycles. The lowest BCUT2D eigenvalue weighted by molar-refractivity contribution is 0.0232. The van der Waals surface area contributed by atoms with Gasteiger partial charge in [-0.2, -0.15) is 0 Å². The second kappa shape index (κ2) is 6.75. The lowest BCUT2D eigenvalue weighted by Crippen LogP contribution is -2.32. The van der Waals surface area contributed by atoms with Crippen molar-refractivity contribution < 1.29 is 9.53 Å². The first-order chi connectivity index (χ1) is 9.54. The summed E-state index contributed by atoms with van der Waals surface area (Å²) in [6.45, 7) is 6.83. The molecule has 0 saturated carbocycles. The van der Waals surface area contributed by atoms with Crippen molar-refractivity contribution in [2.75, 3.05) is 11.9 Å². The van der Waals surface area contributed by atoms with Crippen LogP contribution in [0.15, 0.2) is 24.3 Å². The fourth-order valence-electron chi connectivity index (χ4n) is 2.43. The van der Waals surface area contributed by atoms with E-state index in [2.05, 4.69) is 17.6 Å². The monoisotopic (exact) mass is 276 g/mol. The third-order valence-corrected chi connectivity index (χ3v) is 3.42. The maximum atomic E-state index is 11.9. The zero-order valence-electron chi connectivity index (χ0n) is 12.5. The summed E-state index contributed by atoms with van der Waals surface area (Å²) in [5.74, 6) is -0.0220. The zero-order chi connectivity index (χ0) is 14.5. The van der Waals surface area contributed by atoms with Crippen molar-refractivity contribution in [2.24, 2.45) is 0 Å². The summed E-state index contributed by atoms with van der Waals surface area (Å²) in [6.07, 6.45) is 2.37. The highest BCUT2D eigenvalue weighted by atomic mass is 16.5. The van der Waals surface area contributed by atoms with E-state index in [1.54, 1.807) is 0 Å². The smallest absolute Gasteiger partial charge is 0.251 e. The van der Waals surface area contributed by atoms with E-state index in [-0.39, 0.29) is 11.9 Å². The number of hydrogen-bond acceptors (Lipinski definition) is 3. The van der Waals surface area contributed by atoms with Crippen molar-refractivity contribution in [3.8, 4) is 0 Å². The second-order valence-corrected chi connectivity index (χ2v) is 5.75. The molecule has 0 spiro atoms. The quantitative estimate of drug-likeness (QED) is 0.889. The first-order valence-electron chi connectivity index (χ1n) is 7.33. The van der Waals surface area contributed by atoms with E-state index in [1.807, 2.05) is 38.1 Å². The van der Waals surface area contributed by atoms with Gasteiger partial charge in [0.05, 0.1) is 6.10 Å². The van der Waals surface area contributed by atoms with Crippen molar-refractivity contribution in [1.29, 1.82) is 0 Å². The van der Waals surface area contributed by atoms with Gasteiger partial charge in [-0.1, -0.05) is 0 Å². The van der Waals surface area contributed by atoms with Gasteiger partial charge < -0.3 is 15.4 Å². The third-order valence-electron chi connectivity index (χ3n) is 3.42. The van der Waals surface area contributed by atoms with E-state index in [0.29, 0.717) is 17.7 Å². The van der Waals surface area contributed by atoms with E-state index in [9.17, 15) is 4.79 Å². The molecular formula is C16H24N2O2. The van der Waals surface area contributed by atoms with Gasteiger partial charge in [0, 0.05) is 29.9 Å². The average molecular weight is 276 g/mol. The van der Waals surface area contributed by atoms with Gasteiger partial charge in [0.1, 0.15) is 0 Å². The lowest BCUT2D eigenvalue weighted by Gasteiger charge is -2.28. The molecule has 1 heterocycles. The number of hydrogen-bond donors (Lipinski definition) is 2. The Morgan fingerprint density at radius 2 is 2.00 bits per heavy atom. The summed E-state index contributed by atoms with van der Waals surface area (Å²) in [5, 5.41) is 6.40. The first-order valence-corrected chi connectivity index (χ1v) is 7.33. The van der Waals surface area contributed by atoms with E-state index in [1.165, 1.54) is 0 Å². The van der Waals surface area contributed by atoms with Crippen molar-refractivity contribution in [3.63, 3.8) is 0 Å². The molecule has 1 amide bonds. The van der Waals surface area contributed by atoms with Gasteiger partial charge in [-0.25, -0.2) is 0 Å². The third kappa shape index (κ3) is 4.23. The maximum absolute atomic E-state index is 11.9. The van der Waals surface area contributed by atoms with Crippen molar-refractivity contribution in [2.45, 2.75) is 51.8 Å². The molecule has 1 fully saturated rings. The normalized spacial score (nSPS) is 22.6. The number of nitrogens with one attached hydrogen (secondary N) is 2. The van der Waals surface area contributed by atoms with Crippen LogP contribution in [0.1, 0.15) is 44.0 Å². The van der Waals surface area contributed by atoms with Gasteiger partial charge >= 0.3 is 0 Å². The molecule has 2 rings (SSSR count). The van der Waals surface area contributed by atoms with Crippen molar-refractivity contribution >= 4 is 11.6 Å². The minimum Gasteiger partial charge on any atom is -0.382 e. The molecule has 0 bridgehead atoms. The molecule has 20 heavy (non-hydrogen) atoms. The van der Waals surface area contributed by atoms with Crippen LogP contribution in [-0.2, 0) is 4.74 Å². The molecule has 1 aliphatic heterocycles. The van der Waals surface area contributed by atoms with Gasteiger partial charge in [-0.15, -0.1) is 0 Å². The minimum atomic E-state index is -0.0220. The van der Waals surface area contributed by atoms with Crippen molar-refractivity contribution in [1.82, 2.24) is 5.32 Å². The molecule has 2 N–H and O–H groups in total. The van der Waals surface area contributed by atoms with E-state index in [4.69, 9.17) is 4.74 Å². The number of benzene rings is 1. The highest BCUT2D eigenvalue weighted by Gasteiger charge is 2.19. The molecule has 4 nitrogen and oxygen atoms in total. The highest BCUT2D eigenvalue weighted by Crippen LogP contribution is 2.19. The fraction of sp³-hybridized carbons (Fsp3) is 0.562. The zero-order valence-corrected chi connectivity index (χ0v) is 12.5. The second-order valence-electron chi connectivity index (χ2n) is 5.75. The summed E-state index contributed by atoms with van der Waals surface area (Å²) < 4.78 is 5.54. The lowest BCUT2D eigenvalue weighted by atomic mass is 10.0. The van der Waals surface area contributed by atoms with Crippen LogP contribution >= 0.6 is 0 Å². The Labute approximate surface area is 120 Å². The van der Waals surface area contributed by atoms with Crippen LogP contribution in [0.5, 0.6) is 0 Å². The number of carbonyl (C=O) groups excluding carboxylic acids is 1. The van der Waals surface area contributed by atoms with E-state index >= 15 is 0 Å². The van der Waals surface area contributed by atoms with Gasteiger partial charge in [0.15, 0.2) is 0 Å². The molecule has 1 saturated heterocycles. The Morgan fingerprint density at radius 3 is 2.60 bits per heavy atom. The Balaban J connectivity index is 1.92. The van der Waals surface area contributed by atoms with Crippen LogP contribution in [0, 0.1) is 0 Å². The summed E-state index contributed by atoms with van der Waals surface area (Å²) in [5.41, 5.74) is 1.76. The number of rotatable bonds is 4. The average Bonchev–Trinajstić information content (AvgIpc) is 2.38. The molecule has 0 aliphatic carbocycles. The van der Waals surface area contributed by atoms with E-state index in [0.717, 1.165) is 25.1 Å². The largest absolute Gasteiger partial charge is 0.382 e. The fourth-order valence-corrected chi connectivity index (χ4v) is 2.43. The molecule has 0 radical (unpaired) electrons. The molecule has 2 unspecified atom stereocenters. The first kappa shape index (κ1) is 14.9. The minimum absolute atomic E-state index is 0.0220. The van der Waals surface area contributed by atoms with Gasteiger partial charge in [-0.05, 0) is 57.9 Å². The van der Waals surface area contributed by atoms with Gasteiger partial charge in [0.2, 0.25) is 0 Å². The molecule has 1 aliphatic rings. The predicted molar refractivity (Wildman–Crippen MR) is 81.1 cm³/mol. The summed E-state index contributed by atoms with van der Waals surface area (Å²) in [4.78, 5) is 11.9. The number of anilines is 1. The maximum Gasteiger partial charge on any atom is 0.251 e. The Hall–Kier alpha value is -1.55. The van der Waals surface area contributed by atoms with Gasteiger partial charge in [-0.3, -0.25) is 4.79 Å². The van der Waals surface area contributed by atoms with Crippen LogP contribution in [0.2, 0.25) is 0 Å². The number of carbonyl (C=O) groups is 1. The molecular weight excluding hydrogens is 252 g/mol. The SMILES string of the molecule is CC(C)NC(=O)c1ccc(NC2CCOC(C)C2)cc1. The Bertz CT molecular complexity index is 442. The summed E-state index contributed by atoms with van der Waals surface area (Å²) in [7, 11) is 0. The van der Waals surface area contributed by atoms with Crippen LogP contribution < -0.4 is 10.6 Å². The van der Waals surface area contributed by atoms with Crippen molar-refractivity contribution in [3.05, 3.63) is 29.8 Å². The van der Waals surface area contributed by atoms with E-state index < -0.39 is 0 Å². The topological polar surface area (TPSA) is 50.4 Å². The number of ether oxygens (including phenoxy) is 1. The van der Waals surface area contributed by atoms with Crippen LogP contribution in [-0.4, -0.2) is 30.7 Å². The summed E-state index contributed by atoms with van der Waals surface area (Å²) >= 11 is 0. The Morgan fingerprint density at radius 1 is 1.30 bits per heavy atom. The molecule has 2 atom stereocenters. The van der Waals surface area contributed by atoms with Crippen LogP contribution in [0.3, 0.4) is 0 Å². The van der Waals surface area contributed by atoms with Crippen LogP contribution in [0.25, 0.3) is 0 Å². The standard InChI is InChI=1S/C16H24N2O2/c1-11(2)17-16(19)13-4-6-14(7-5-13)18-15-8-9-20-12(3)10-15/h4-7,11-12,15,18H,8-10H2,1-3H3,(H,17,19).